The van der Waals surface area contributed by atoms with Crippen LogP contribution in [0.1, 0.15) is 28.3 Å². The highest BCUT2D eigenvalue weighted by Crippen LogP contribution is 2.44. The maximum atomic E-state index is 12.2. The molecule has 2 aromatic carbocycles. The first kappa shape index (κ1) is 21.3. The Bertz CT molecular complexity index is 1230. The monoisotopic (exact) mass is 447 g/mol. The summed E-state index contributed by atoms with van der Waals surface area (Å²) < 4.78 is 5.45. The van der Waals surface area contributed by atoms with E-state index in [1.165, 1.54) is 6.07 Å². The minimum absolute atomic E-state index is 0.0204. The third-order valence-corrected chi connectivity index (χ3v) is 5.51. The van der Waals surface area contributed by atoms with Crippen molar-refractivity contribution in [1.82, 2.24) is 10.3 Å². The predicted molar refractivity (Wildman–Crippen MR) is 121 cm³/mol. The topological polar surface area (TPSA) is 94.4 Å². The lowest BCUT2D eigenvalue weighted by molar-refractivity contribution is -0.385. The molecule has 0 saturated carbocycles. The molecule has 8 heteroatoms. The average molecular weight is 448 g/mol. The first-order valence-electron chi connectivity index (χ1n) is 9.85. The Labute approximate surface area is 189 Å². The molecule has 1 aliphatic rings. The summed E-state index contributed by atoms with van der Waals surface area (Å²) in [4.78, 5) is 26.5. The fourth-order valence-corrected chi connectivity index (χ4v) is 3.98. The number of carbonyl (C=O) groups excluding carboxylic acids is 1. The number of amides is 1. The van der Waals surface area contributed by atoms with Gasteiger partial charge in [-0.3, -0.25) is 10.1 Å². The van der Waals surface area contributed by atoms with E-state index in [-0.39, 0.29) is 29.9 Å². The zero-order chi connectivity index (χ0) is 22.7. The van der Waals surface area contributed by atoms with Crippen LogP contribution in [0, 0.1) is 28.9 Å². The van der Waals surface area contributed by atoms with Crippen LogP contribution in [0.5, 0.6) is 0 Å². The van der Waals surface area contributed by atoms with Crippen LogP contribution in [0.4, 0.5) is 10.5 Å². The van der Waals surface area contributed by atoms with E-state index in [1.807, 2.05) is 24.3 Å². The minimum atomic E-state index is -0.616. The van der Waals surface area contributed by atoms with Crippen LogP contribution in [0.3, 0.4) is 0 Å². The molecule has 0 unspecified atom stereocenters. The third kappa shape index (κ3) is 4.27. The normalized spacial score (nSPS) is 11.7. The van der Waals surface area contributed by atoms with Gasteiger partial charge in [0, 0.05) is 12.0 Å². The van der Waals surface area contributed by atoms with Crippen molar-refractivity contribution in [3.8, 4) is 23.0 Å². The van der Waals surface area contributed by atoms with Gasteiger partial charge in [0.25, 0.3) is 0 Å². The van der Waals surface area contributed by atoms with E-state index in [4.69, 9.17) is 16.3 Å². The summed E-state index contributed by atoms with van der Waals surface area (Å²) in [5.74, 6) is 5.49. The maximum absolute atomic E-state index is 12.2. The Morgan fingerprint density at radius 3 is 2.44 bits per heavy atom. The van der Waals surface area contributed by atoms with Crippen molar-refractivity contribution in [2.75, 3.05) is 13.2 Å². The molecule has 160 valence electrons. The van der Waals surface area contributed by atoms with Crippen molar-refractivity contribution >= 4 is 23.4 Å². The molecule has 1 N–H and O–H groups in total. The van der Waals surface area contributed by atoms with E-state index in [2.05, 4.69) is 46.4 Å². The molecule has 0 saturated heterocycles. The van der Waals surface area contributed by atoms with Gasteiger partial charge in [-0.05, 0) is 29.2 Å². The van der Waals surface area contributed by atoms with E-state index in [1.54, 1.807) is 6.92 Å². The Hall–Kier alpha value is -3.89. The molecular weight excluding hydrogens is 430 g/mol. The summed E-state index contributed by atoms with van der Waals surface area (Å²) in [7, 11) is 0. The summed E-state index contributed by atoms with van der Waals surface area (Å²) in [5.41, 5.74) is 5.10. The number of ether oxygens (including phenoxy) is 1. The lowest BCUT2D eigenvalue weighted by Crippen LogP contribution is -2.26. The van der Waals surface area contributed by atoms with E-state index in [0.29, 0.717) is 11.3 Å². The largest absolute Gasteiger partial charge is 0.449 e. The molecule has 32 heavy (non-hydrogen) atoms. The molecule has 1 heterocycles. The van der Waals surface area contributed by atoms with Gasteiger partial charge in [-0.2, -0.15) is 0 Å². The summed E-state index contributed by atoms with van der Waals surface area (Å²) >= 11 is 5.78. The van der Waals surface area contributed by atoms with E-state index >= 15 is 0 Å². The highest BCUT2D eigenvalue weighted by atomic mass is 35.5. The zero-order valence-electron chi connectivity index (χ0n) is 17.1. The summed E-state index contributed by atoms with van der Waals surface area (Å²) in [5, 5.41) is 13.4. The lowest BCUT2D eigenvalue weighted by Gasteiger charge is -2.14. The van der Waals surface area contributed by atoms with Gasteiger partial charge >= 0.3 is 11.8 Å². The van der Waals surface area contributed by atoms with Gasteiger partial charge in [0.1, 0.15) is 6.61 Å². The van der Waals surface area contributed by atoms with Crippen molar-refractivity contribution in [2.24, 2.45) is 0 Å². The van der Waals surface area contributed by atoms with Crippen molar-refractivity contribution in [1.29, 1.82) is 0 Å². The number of carbonyl (C=O) groups is 1. The lowest BCUT2D eigenvalue weighted by atomic mass is 9.98. The van der Waals surface area contributed by atoms with Gasteiger partial charge in [0.2, 0.25) is 5.15 Å². The molecule has 0 radical (unpaired) electrons. The molecule has 4 rings (SSSR count). The van der Waals surface area contributed by atoms with Crippen LogP contribution < -0.4 is 5.32 Å². The molecule has 3 aromatic rings. The number of nitrogens with zero attached hydrogens (tertiary/aromatic N) is 2. The second-order valence-electron chi connectivity index (χ2n) is 7.17. The highest BCUT2D eigenvalue weighted by Gasteiger charge is 2.28. The fraction of sp³-hybridized carbons (Fsp3) is 0.167. The number of alkyl carbamates (subject to hydrolysis) is 1. The third-order valence-electron chi connectivity index (χ3n) is 5.23. The molecule has 0 fully saturated rings. The second-order valence-corrected chi connectivity index (χ2v) is 7.53. The van der Waals surface area contributed by atoms with Gasteiger partial charge in [-0.25, -0.2) is 9.78 Å². The average Bonchev–Trinajstić information content (AvgIpc) is 3.10. The fourth-order valence-electron chi connectivity index (χ4n) is 3.73. The summed E-state index contributed by atoms with van der Waals surface area (Å²) in [6, 6.07) is 17.5. The number of fused-ring (bicyclic) bond motifs is 3. The number of aryl methyl sites for hydroxylation is 1. The number of pyridine rings is 1. The summed E-state index contributed by atoms with van der Waals surface area (Å²) in [6.45, 7) is 1.88. The van der Waals surface area contributed by atoms with Crippen molar-refractivity contribution in [2.45, 2.75) is 12.8 Å². The van der Waals surface area contributed by atoms with Crippen LogP contribution in [-0.2, 0) is 4.74 Å². The number of nitrogens with one attached hydrogen (secondary N) is 1. The van der Waals surface area contributed by atoms with Gasteiger partial charge < -0.3 is 10.1 Å². The number of aromatic nitrogens is 1. The van der Waals surface area contributed by atoms with Crippen LogP contribution in [0.2, 0.25) is 5.15 Å². The van der Waals surface area contributed by atoms with Crippen LogP contribution in [0.15, 0.2) is 54.6 Å². The molecule has 1 aromatic heterocycles. The van der Waals surface area contributed by atoms with Crippen molar-refractivity contribution in [3.63, 3.8) is 0 Å². The molecule has 7 nitrogen and oxygen atoms in total. The number of rotatable bonds is 4. The summed E-state index contributed by atoms with van der Waals surface area (Å²) in [6.07, 6.45) is -0.585. The molecule has 0 spiro atoms. The SMILES string of the molecule is Cc1nc(Cl)c([N+](=O)[O-])cc1C#CCNC(=O)OCC1c2ccccc2-c2ccccc21. The van der Waals surface area contributed by atoms with Crippen LogP contribution in [0.25, 0.3) is 11.1 Å². The first-order chi connectivity index (χ1) is 15.5. The minimum Gasteiger partial charge on any atom is -0.449 e. The molecule has 0 bridgehead atoms. The van der Waals surface area contributed by atoms with Gasteiger partial charge in [0.15, 0.2) is 0 Å². The maximum Gasteiger partial charge on any atom is 0.407 e. The Morgan fingerprint density at radius 2 is 1.81 bits per heavy atom. The smallest absolute Gasteiger partial charge is 0.407 e. The molecule has 0 aliphatic heterocycles. The molecule has 1 amide bonds. The Kier molecular flexibility index (Phi) is 6.06. The number of benzene rings is 2. The van der Waals surface area contributed by atoms with Crippen molar-refractivity contribution < 1.29 is 14.5 Å². The van der Waals surface area contributed by atoms with Gasteiger partial charge in [0.05, 0.1) is 22.7 Å². The van der Waals surface area contributed by atoms with E-state index in [0.717, 1.165) is 22.3 Å². The number of hydrogen-bond donors (Lipinski definition) is 1. The number of nitro groups is 1. The molecular formula is C24H18ClN3O4. The predicted octanol–water partition coefficient (Wildman–Crippen LogP) is 4.84. The van der Waals surface area contributed by atoms with Crippen LogP contribution in [-0.4, -0.2) is 29.2 Å². The molecule has 0 atom stereocenters. The van der Waals surface area contributed by atoms with Crippen molar-refractivity contribution in [3.05, 3.63) is 92.2 Å². The Balaban J connectivity index is 1.37. The second kappa shape index (κ2) is 9.08. The van der Waals surface area contributed by atoms with Gasteiger partial charge in [-0.15, -0.1) is 0 Å². The Morgan fingerprint density at radius 1 is 1.19 bits per heavy atom. The van der Waals surface area contributed by atoms with E-state index < -0.39 is 11.0 Å². The first-order valence-corrected chi connectivity index (χ1v) is 10.2. The molecule has 1 aliphatic carbocycles. The number of halogens is 1. The highest BCUT2D eigenvalue weighted by molar-refractivity contribution is 6.31. The zero-order valence-corrected chi connectivity index (χ0v) is 17.8. The standard InChI is InChI=1S/C24H18ClN3O4/c1-15-16(13-22(28(30)31)23(25)27-15)7-6-12-26-24(29)32-14-21-19-10-4-2-8-17(19)18-9-3-5-11-20(18)21/h2-5,8-11,13,21H,12,14H2,1H3,(H,26,29). The van der Waals surface area contributed by atoms with Crippen LogP contribution >= 0.6 is 11.6 Å². The van der Waals surface area contributed by atoms with E-state index in [9.17, 15) is 14.9 Å². The number of hydrogen-bond acceptors (Lipinski definition) is 5. The quantitative estimate of drug-likeness (QED) is 0.267. The van der Waals surface area contributed by atoms with Gasteiger partial charge in [-0.1, -0.05) is 72.0 Å².